The number of halogens is 2. The topological polar surface area (TPSA) is 76.0 Å². The number of anilines is 1. The number of amides is 2. The van der Waals surface area contributed by atoms with Gasteiger partial charge in [-0.1, -0.05) is 50.0 Å². The second-order valence-corrected chi connectivity index (χ2v) is 9.87. The number of benzene rings is 3. The van der Waals surface area contributed by atoms with Gasteiger partial charge in [0.15, 0.2) is 0 Å². The number of rotatable bonds is 5. The van der Waals surface area contributed by atoms with Gasteiger partial charge in [-0.05, 0) is 60.2 Å². The van der Waals surface area contributed by atoms with Gasteiger partial charge >= 0.3 is 0 Å². The normalized spacial score (nSPS) is 11.4. The number of nitrogens with one attached hydrogen (secondary N) is 2. The second-order valence-electron chi connectivity index (χ2n) is 9.02. The number of carbonyl (C=O) groups is 2. The smallest absolute Gasteiger partial charge is 0.257 e. The van der Waals surface area contributed by atoms with Crippen molar-refractivity contribution < 1.29 is 9.59 Å². The van der Waals surface area contributed by atoms with E-state index in [0.717, 1.165) is 22.2 Å². The van der Waals surface area contributed by atoms with Crippen LogP contribution < -0.4 is 10.6 Å². The monoisotopic (exact) mass is 494 g/mol. The lowest BCUT2D eigenvalue weighted by Gasteiger charge is -2.18. The molecule has 3 aromatic carbocycles. The van der Waals surface area contributed by atoms with Crippen molar-refractivity contribution in [2.24, 2.45) is 5.41 Å². The van der Waals surface area contributed by atoms with Crippen LogP contribution in [-0.2, 0) is 11.3 Å². The van der Waals surface area contributed by atoms with Crippen molar-refractivity contribution in [3.63, 3.8) is 0 Å². The Balaban J connectivity index is 1.51. The highest BCUT2D eigenvalue weighted by molar-refractivity contribution is 6.34. The van der Waals surface area contributed by atoms with Gasteiger partial charge in [-0.15, -0.1) is 0 Å². The summed E-state index contributed by atoms with van der Waals surface area (Å²) in [5.74, 6) is -0.403. The fourth-order valence-electron chi connectivity index (χ4n) is 3.33. The van der Waals surface area contributed by atoms with Crippen LogP contribution in [0.4, 0.5) is 5.69 Å². The molecule has 0 saturated carbocycles. The van der Waals surface area contributed by atoms with E-state index in [-0.39, 0.29) is 11.8 Å². The molecule has 0 aliphatic carbocycles. The molecule has 34 heavy (non-hydrogen) atoms. The maximum absolute atomic E-state index is 13.0. The lowest BCUT2D eigenvalue weighted by Crippen LogP contribution is -2.34. The average Bonchev–Trinajstić information content (AvgIpc) is 3.21. The molecule has 2 amide bonds. The number of hydrogen-bond acceptors (Lipinski definition) is 3. The maximum Gasteiger partial charge on any atom is 0.257 e. The van der Waals surface area contributed by atoms with Crippen LogP contribution in [0, 0.1) is 5.41 Å². The summed E-state index contributed by atoms with van der Waals surface area (Å²) in [4.78, 5) is 25.1. The Morgan fingerprint density at radius 2 is 1.71 bits per heavy atom. The first-order valence-corrected chi connectivity index (χ1v) is 11.5. The van der Waals surface area contributed by atoms with Gasteiger partial charge in [0.05, 0.1) is 21.8 Å². The van der Waals surface area contributed by atoms with E-state index in [2.05, 4.69) is 15.7 Å². The first-order valence-electron chi connectivity index (χ1n) is 10.7. The predicted octanol–water partition coefficient (Wildman–Crippen LogP) is 6.25. The van der Waals surface area contributed by atoms with Crippen LogP contribution in [0.2, 0.25) is 10.0 Å². The fraction of sp³-hybridized carbons (Fsp3) is 0.192. The van der Waals surface area contributed by atoms with Crippen LogP contribution in [0.15, 0.2) is 66.9 Å². The van der Waals surface area contributed by atoms with Crippen molar-refractivity contribution in [3.8, 4) is 5.69 Å². The molecular formula is C26H24Cl2N4O2. The number of nitrogens with zero attached hydrogens (tertiary/aromatic N) is 2. The van der Waals surface area contributed by atoms with Crippen molar-refractivity contribution in [2.75, 3.05) is 5.32 Å². The molecule has 0 unspecified atom stereocenters. The minimum atomic E-state index is -0.493. The van der Waals surface area contributed by atoms with E-state index in [0.29, 0.717) is 27.8 Å². The standard InChI is InChI=1S/C26H24Cl2N4O2/c1-26(2,3)25(34)29-14-16-4-10-22(28)21(12-16)24(33)30-19-7-11-23-17(13-19)15-32(31-23)20-8-5-18(27)6-9-20/h4-13,15H,14H2,1-3H3,(H,29,34)(H,30,33). The Morgan fingerprint density at radius 1 is 0.971 bits per heavy atom. The highest BCUT2D eigenvalue weighted by Crippen LogP contribution is 2.24. The Bertz CT molecular complexity index is 1370. The highest BCUT2D eigenvalue weighted by Gasteiger charge is 2.21. The van der Waals surface area contributed by atoms with E-state index in [1.807, 2.05) is 51.2 Å². The van der Waals surface area contributed by atoms with Crippen molar-refractivity contribution >= 4 is 51.6 Å². The minimum Gasteiger partial charge on any atom is -0.352 e. The molecule has 0 bridgehead atoms. The van der Waals surface area contributed by atoms with Gasteiger partial charge in [-0.2, -0.15) is 5.10 Å². The van der Waals surface area contributed by atoms with Crippen molar-refractivity contribution in [3.05, 3.63) is 88.0 Å². The third-order valence-electron chi connectivity index (χ3n) is 5.26. The molecule has 0 radical (unpaired) electrons. The van der Waals surface area contributed by atoms with Gasteiger partial charge in [-0.3, -0.25) is 9.59 Å². The van der Waals surface area contributed by atoms with Gasteiger partial charge in [0.25, 0.3) is 5.91 Å². The predicted molar refractivity (Wildman–Crippen MR) is 137 cm³/mol. The van der Waals surface area contributed by atoms with Crippen LogP contribution >= 0.6 is 23.2 Å². The molecule has 4 aromatic rings. The summed E-state index contributed by atoms with van der Waals surface area (Å²) in [7, 11) is 0. The van der Waals surface area contributed by atoms with Crippen molar-refractivity contribution in [2.45, 2.75) is 27.3 Å². The van der Waals surface area contributed by atoms with Crippen molar-refractivity contribution in [1.29, 1.82) is 0 Å². The quantitative estimate of drug-likeness (QED) is 0.344. The second kappa shape index (κ2) is 9.49. The summed E-state index contributed by atoms with van der Waals surface area (Å²) in [5, 5.41) is 12.2. The summed E-state index contributed by atoms with van der Waals surface area (Å²) < 4.78 is 1.76. The Morgan fingerprint density at radius 3 is 2.41 bits per heavy atom. The first-order chi connectivity index (χ1) is 16.1. The highest BCUT2D eigenvalue weighted by atomic mass is 35.5. The number of aromatic nitrogens is 2. The van der Waals surface area contributed by atoms with Gasteiger partial charge in [-0.25, -0.2) is 4.68 Å². The lowest BCUT2D eigenvalue weighted by molar-refractivity contribution is -0.128. The number of carbonyl (C=O) groups excluding carboxylic acids is 2. The van der Waals surface area contributed by atoms with Crippen LogP contribution in [0.5, 0.6) is 0 Å². The zero-order valence-electron chi connectivity index (χ0n) is 19.0. The van der Waals surface area contributed by atoms with Crippen molar-refractivity contribution in [1.82, 2.24) is 15.1 Å². The molecule has 0 spiro atoms. The Kier molecular flexibility index (Phi) is 6.64. The summed E-state index contributed by atoms with van der Waals surface area (Å²) in [6, 6.07) is 18.0. The van der Waals surface area contributed by atoms with Crippen LogP contribution in [0.3, 0.4) is 0 Å². The molecule has 2 N–H and O–H groups in total. The molecule has 0 aliphatic rings. The average molecular weight is 495 g/mol. The summed E-state index contributed by atoms with van der Waals surface area (Å²) in [5.41, 5.74) is 2.92. The third-order valence-corrected chi connectivity index (χ3v) is 5.84. The van der Waals surface area contributed by atoms with E-state index in [1.54, 1.807) is 41.1 Å². The largest absolute Gasteiger partial charge is 0.352 e. The van der Waals surface area contributed by atoms with Gasteiger partial charge in [0.1, 0.15) is 0 Å². The fourth-order valence-corrected chi connectivity index (χ4v) is 3.66. The molecule has 6 nitrogen and oxygen atoms in total. The maximum atomic E-state index is 13.0. The lowest BCUT2D eigenvalue weighted by atomic mass is 9.95. The molecule has 4 rings (SSSR count). The molecule has 0 fully saturated rings. The molecule has 0 saturated heterocycles. The summed E-state index contributed by atoms with van der Waals surface area (Å²) in [6.07, 6.45) is 1.89. The molecular weight excluding hydrogens is 471 g/mol. The third kappa shape index (κ3) is 5.41. The zero-order chi connectivity index (χ0) is 24.5. The van der Waals surface area contributed by atoms with E-state index in [4.69, 9.17) is 23.2 Å². The zero-order valence-corrected chi connectivity index (χ0v) is 20.5. The van der Waals surface area contributed by atoms with E-state index < -0.39 is 5.41 Å². The number of fused-ring (bicyclic) bond motifs is 1. The Hall–Kier alpha value is -3.35. The molecule has 1 heterocycles. The first kappa shape index (κ1) is 23.8. The van der Waals surface area contributed by atoms with Gasteiger partial charge < -0.3 is 10.6 Å². The summed E-state index contributed by atoms with van der Waals surface area (Å²) in [6.45, 7) is 5.85. The van der Waals surface area contributed by atoms with E-state index in [1.165, 1.54) is 0 Å². The minimum absolute atomic E-state index is 0.0686. The molecule has 0 atom stereocenters. The molecule has 174 valence electrons. The summed E-state index contributed by atoms with van der Waals surface area (Å²) >= 11 is 12.3. The van der Waals surface area contributed by atoms with E-state index >= 15 is 0 Å². The SMILES string of the molecule is CC(C)(C)C(=O)NCc1ccc(Cl)c(C(=O)Nc2ccc3nn(-c4ccc(Cl)cc4)cc3c2)c1. The molecule has 8 heteroatoms. The van der Waals surface area contributed by atoms with Gasteiger partial charge in [0.2, 0.25) is 5.91 Å². The van der Waals surface area contributed by atoms with Gasteiger partial charge in [0, 0.05) is 34.3 Å². The van der Waals surface area contributed by atoms with E-state index in [9.17, 15) is 9.59 Å². The van der Waals surface area contributed by atoms with Crippen LogP contribution in [0.25, 0.3) is 16.6 Å². The Labute approximate surface area is 207 Å². The molecule has 0 aliphatic heterocycles. The molecule has 1 aromatic heterocycles. The van der Waals surface area contributed by atoms with Crippen LogP contribution in [-0.4, -0.2) is 21.6 Å². The number of hydrogen-bond donors (Lipinski definition) is 2. The van der Waals surface area contributed by atoms with Crippen LogP contribution in [0.1, 0.15) is 36.7 Å².